The molecule has 0 aliphatic carbocycles. The van der Waals surface area contributed by atoms with Crippen molar-refractivity contribution in [3.63, 3.8) is 0 Å². The van der Waals surface area contributed by atoms with E-state index in [1.165, 1.54) is 0 Å². The van der Waals surface area contributed by atoms with E-state index in [1.807, 2.05) is 24.9 Å². The number of fused-ring (bicyclic) bond motifs is 1. The fourth-order valence-electron chi connectivity index (χ4n) is 4.61. The van der Waals surface area contributed by atoms with Crippen molar-refractivity contribution < 1.29 is 4.79 Å². The molecule has 10 heteroatoms. The molecule has 3 saturated heterocycles. The molecular formula is C21H33N9O. The maximum absolute atomic E-state index is 13.3. The van der Waals surface area contributed by atoms with Crippen LogP contribution in [0, 0.1) is 28.6 Å². The van der Waals surface area contributed by atoms with Crippen LogP contribution in [0.4, 0.5) is 11.4 Å². The summed E-state index contributed by atoms with van der Waals surface area (Å²) in [5, 5.41) is 18.0. The van der Waals surface area contributed by atoms with Crippen molar-refractivity contribution in [1.82, 2.24) is 25.6 Å². The van der Waals surface area contributed by atoms with Crippen LogP contribution in [-0.2, 0) is 4.79 Å². The molecule has 0 radical (unpaired) electrons. The second-order valence-corrected chi connectivity index (χ2v) is 9.39. The SMILES string of the molecule is CN1CCN(c2ccncc2NC(=O)C2C(N)NN3CC(C(C)(C)C#N)CNC23)CC1. The lowest BCUT2D eigenvalue weighted by molar-refractivity contribution is -0.121. The van der Waals surface area contributed by atoms with Crippen molar-refractivity contribution >= 4 is 17.3 Å². The Kier molecular flexibility index (Phi) is 6.14. The Bertz CT molecular complexity index is 845. The third-order valence-electron chi connectivity index (χ3n) is 6.88. The third kappa shape index (κ3) is 4.37. The fraction of sp³-hybridized carbons (Fsp3) is 0.667. The van der Waals surface area contributed by atoms with Gasteiger partial charge in [-0.05, 0) is 27.0 Å². The molecule has 1 amide bonds. The molecule has 4 rings (SSSR count). The van der Waals surface area contributed by atoms with Crippen LogP contribution >= 0.6 is 0 Å². The Morgan fingerprint density at radius 1 is 1.35 bits per heavy atom. The van der Waals surface area contributed by atoms with Gasteiger partial charge in [-0.2, -0.15) is 5.26 Å². The highest BCUT2D eigenvalue weighted by molar-refractivity contribution is 5.96. The van der Waals surface area contributed by atoms with Crippen molar-refractivity contribution in [2.24, 2.45) is 23.0 Å². The number of amides is 1. The number of carbonyl (C=O) groups excluding carboxylic acids is 1. The predicted octanol–water partition coefficient (Wildman–Crippen LogP) is -0.412. The van der Waals surface area contributed by atoms with E-state index in [9.17, 15) is 10.1 Å². The molecule has 1 aromatic rings. The largest absolute Gasteiger partial charge is 0.367 e. The Morgan fingerprint density at radius 2 is 2.10 bits per heavy atom. The van der Waals surface area contributed by atoms with E-state index in [4.69, 9.17) is 5.73 Å². The number of nitrogens with zero attached hydrogens (tertiary/aromatic N) is 5. The van der Waals surface area contributed by atoms with Crippen molar-refractivity contribution in [2.75, 3.05) is 56.5 Å². The molecule has 1 aromatic heterocycles. The van der Waals surface area contributed by atoms with Crippen LogP contribution in [0.3, 0.4) is 0 Å². The molecule has 4 heterocycles. The minimum atomic E-state index is -0.509. The molecule has 3 aliphatic rings. The van der Waals surface area contributed by atoms with Crippen LogP contribution in [0.25, 0.3) is 0 Å². The van der Waals surface area contributed by atoms with Gasteiger partial charge in [-0.15, -0.1) is 0 Å². The highest BCUT2D eigenvalue weighted by atomic mass is 16.2. The first kappa shape index (κ1) is 21.9. The van der Waals surface area contributed by atoms with E-state index in [-0.39, 0.29) is 18.0 Å². The zero-order valence-electron chi connectivity index (χ0n) is 18.5. The molecule has 3 aliphatic heterocycles. The van der Waals surface area contributed by atoms with Gasteiger partial charge in [0, 0.05) is 51.4 Å². The van der Waals surface area contributed by atoms with Crippen LogP contribution < -0.4 is 26.7 Å². The van der Waals surface area contributed by atoms with E-state index in [0.717, 1.165) is 31.9 Å². The van der Waals surface area contributed by atoms with Gasteiger partial charge in [-0.1, -0.05) is 0 Å². The van der Waals surface area contributed by atoms with E-state index in [2.05, 4.69) is 44.0 Å². The first-order valence-electron chi connectivity index (χ1n) is 10.9. The molecule has 0 aromatic carbocycles. The van der Waals surface area contributed by atoms with Gasteiger partial charge in [0.2, 0.25) is 5.91 Å². The Labute approximate surface area is 183 Å². The summed E-state index contributed by atoms with van der Waals surface area (Å²) in [5.41, 5.74) is 10.8. The van der Waals surface area contributed by atoms with E-state index >= 15 is 0 Å². The second kappa shape index (κ2) is 8.68. The summed E-state index contributed by atoms with van der Waals surface area (Å²) in [6.07, 6.45) is 2.74. The summed E-state index contributed by atoms with van der Waals surface area (Å²) in [6.45, 7) is 8.99. The molecule has 5 N–H and O–H groups in total. The summed E-state index contributed by atoms with van der Waals surface area (Å²) in [6, 6.07) is 4.34. The van der Waals surface area contributed by atoms with Crippen molar-refractivity contribution in [1.29, 1.82) is 5.26 Å². The molecule has 31 heavy (non-hydrogen) atoms. The zero-order chi connectivity index (χ0) is 22.2. The average Bonchev–Trinajstić information content (AvgIpc) is 3.09. The van der Waals surface area contributed by atoms with Gasteiger partial charge in [0.1, 0.15) is 0 Å². The predicted molar refractivity (Wildman–Crippen MR) is 119 cm³/mol. The first-order valence-corrected chi connectivity index (χ1v) is 10.9. The number of nitrogens with one attached hydrogen (secondary N) is 3. The molecule has 3 fully saturated rings. The lowest BCUT2D eigenvalue weighted by Crippen LogP contribution is -2.59. The fourth-order valence-corrected chi connectivity index (χ4v) is 4.61. The number of anilines is 2. The van der Waals surface area contributed by atoms with E-state index in [0.29, 0.717) is 18.8 Å². The van der Waals surface area contributed by atoms with Crippen LogP contribution in [0.15, 0.2) is 18.5 Å². The van der Waals surface area contributed by atoms with Gasteiger partial charge >= 0.3 is 0 Å². The third-order valence-corrected chi connectivity index (χ3v) is 6.88. The number of rotatable bonds is 4. The monoisotopic (exact) mass is 427 g/mol. The summed E-state index contributed by atoms with van der Waals surface area (Å²) < 4.78 is 0. The molecule has 0 spiro atoms. The molecule has 168 valence electrons. The van der Waals surface area contributed by atoms with Crippen LogP contribution in [0.2, 0.25) is 0 Å². The van der Waals surface area contributed by atoms with Crippen molar-refractivity contribution in [3.8, 4) is 6.07 Å². The number of nitriles is 1. The van der Waals surface area contributed by atoms with Crippen molar-refractivity contribution in [3.05, 3.63) is 18.5 Å². The Balaban J connectivity index is 1.46. The number of hydrogen-bond donors (Lipinski definition) is 4. The molecular weight excluding hydrogens is 394 g/mol. The van der Waals surface area contributed by atoms with E-state index < -0.39 is 17.5 Å². The Morgan fingerprint density at radius 3 is 2.81 bits per heavy atom. The highest BCUT2D eigenvalue weighted by Gasteiger charge is 2.49. The average molecular weight is 428 g/mol. The zero-order valence-corrected chi connectivity index (χ0v) is 18.5. The van der Waals surface area contributed by atoms with E-state index in [1.54, 1.807) is 12.4 Å². The van der Waals surface area contributed by atoms with Gasteiger partial charge in [-0.25, -0.2) is 10.4 Å². The maximum atomic E-state index is 13.3. The lowest BCUT2D eigenvalue weighted by atomic mass is 9.78. The lowest BCUT2D eigenvalue weighted by Gasteiger charge is -2.41. The summed E-state index contributed by atoms with van der Waals surface area (Å²) in [4.78, 5) is 22.1. The summed E-state index contributed by atoms with van der Waals surface area (Å²) >= 11 is 0. The topological polar surface area (TPSA) is 126 Å². The number of aromatic nitrogens is 1. The van der Waals surface area contributed by atoms with Gasteiger partial charge in [-0.3, -0.25) is 15.1 Å². The number of hydrogen-bond acceptors (Lipinski definition) is 9. The highest BCUT2D eigenvalue weighted by Crippen LogP contribution is 2.33. The van der Waals surface area contributed by atoms with Gasteiger partial charge in [0.15, 0.2) is 0 Å². The number of likely N-dealkylation sites (N-methyl/N-ethyl adjacent to an activating group) is 1. The number of nitrogens with two attached hydrogens (primary N) is 1. The number of pyridine rings is 1. The minimum Gasteiger partial charge on any atom is -0.367 e. The van der Waals surface area contributed by atoms with Crippen LogP contribution in [-0.4, -0.2) is 79.4 Å². The van der Waals surface area contributed by atoms with Crippen molar-refractivity contribution in [2.45, 2.75) is 26.2 Å². The molecule has 0 bridgehead atoms. The second-order valence-electron chi connectivity index (χ2n) is 9.39. The molecule has 4 atom stereocenters. The molecule has 4 unspecified atom stereocenters. The summed E-state index contributed by atoms with van der Waals surface area (Å²) in [5.74, 6) is -0.467. The standard InChI is InChI=1S/C21H33N9O/c1-21(2,13-22)14-10-25-19-17(18(23)27-30(19)12-14)20(31)26-15-11-24-5-4-16(15)29-8-6-28(3)7-9-29/h4-5,11,14,17-19,25,27H,6-10,12,23H2,1-3H3,(H,26,31). The normalized spacial score (nSPS) is 30.0. The van der Waals surface area contributed by atoms with Crippen LogP contribution in [0.1, 0.15) is 13.8 Å². The van der Waals surface area contributed by atoms with Crippen LogP contribution in [0.5, 0.6) is 0 Å². The molecule has 0 saturated carbocycles. The number of carbonyl (C=O) groups is 1. The smallest absolute Gasteiger partial charge is 0.233 e. The Hall–Kier alpha value is -2.29. The number of hydrazine groups is 1. The first-order chi connectivity index (χ1) is 14.8. The maximum Gasteiger partial charge on any atom is 0.233 e. The van der Waals surface area contributed by atoms with Gasteiger partial charge < -0.3 is 20.9 Å². The van der Waals surface area contributed by atoms with Gasteiger partial charge in [0.05, 0.1) is 47.3 Å². The quantitative estimate of drug-likeness (QED) is 0.507. The minimum absolute atomic E-state index is 0.136. The summed E-state index contributed by atoms with van der Waals surface area (Å²) in [7, 11) is 2.12. The molecule has 10 nitrogen and oxygen atoms in total. The van der Waals surface area contributed by atoms with Gasteiger partial charge in [0.25, 0.3) is 0 Å². The number of piperazine rings is 1.